The molecule has 12 heavy (non-hydrogen) atoms. The fourth-order valence-electron chi connectivity index (χ4n) is 0.683. The van der Waals surface area contributed by atoms with Crippen molar-refractivity contribution < 1.29 is 9.84 Å². The summed E-state index contributed by atoms with van der Waals surface area (Å²) in [6.07, 6.45) is 0. The highest BCUT2D eigenvalue weighted by atomic mass is 16.5. The van der Waals surface area contributed by atoms with Crippen molar-refractivity contribution in [2.75, 3.05) is 13.2 Å². The Labute approximate surface area is 73.8 Å². The molecule has 68 valence electrons. The van der Waals surface area contributed by atoms with Crippen molar-refractivity contribution in [3.63, 3.8) is 0 Å². The highest BCUT2D eigenvalue weighted by molar-refractivity contribution is 5.20. The molecule has 2 heteroatoms. The van der Waals surface area contributed by atoms with Crippen molar-refractivity contribution in [2.45, 2.75) is 13.8 Å². The molecule has 0 unspecified atom stereocenters. The summed E-state index contributed by atoms with van der Waals surface area (Å²) >= 11 is 0. The van der Waals surface area contributed by atoms with Gasteiger partial charge in [-0.2, -0.15) is 0 Å². The third-order valence-electron chi connectivity index (χ3n) is 1.05. The molecule has 0 saturated heterocycles. The Morgan fingerprint density at radius 3 is 2.08 bits per heavy atom. The van der Waals surface area contributed by atoms with Crippen molar-refractivity contribution in [1.29, 1.82) is 0 Å². The number of aliphatic hydroxyl groups excluding tert-OH is 1. The van der Waals surface area contributed by atoms with Gasteiger partial charge in [-0.1, -0.05) is 18.2 Å². The van der Waals surface area contributed by atoms with Gasteiger partial charge in [0.1, 0.15) is 5.75 Å². The average Bonchev–Trinajstić information content (AvgIpc) is 2.08. The van der Waals surface area contributed by atoms with Crippen molar-refractivity contribution >= 4 is 0 Å². The highest BCUT2D eigenvalue weighted by Crippen LogP contribution is 2.06. The highest BCUT2D eigenvalue weighted by Gasteiger charge is 1.83. The summed E-state index contributed by atoms with van der Waals surface area (Å²) in [5.41, 5.74) is 0. The zero-order chi connectivity index (χ0) is 9.23. The predicted octanol–water partition coefficient (Wildman–Crippen LogP) is 2.08. The van der Waals surface area contributed by atoms with Crippen molar-refractivity contribution in [1.82, 2.24) is 0 Å². The standard InChI is InChI=1S/C8H10O.C2H6O/c1-2-9-8-6-4-3-5-7-8;1-2-3/h3-7H,2H2,1H3;3H,2H2,1H3. The maximum atomic E-state index is 7.57. The number of hydrogen-bond acceptors (Lipinski definition) is 2. The summed E-state index contributed by atoms with van der Waals surface area (Å²) in [4.78, 5) is 0. The Hall–Kier alpha value is -1.02. The molecule has 1 aromatic rings. The Morgan fingerprint density at radius 1 is 1.17 bits per heavy atom. The molecule has 0 aliphatic heterocycles. The van der Waals surface area contributed by atoms with Crippen LogP contribution in [0.4, 0.5) is 0 Å². The van der Waals surface area contributed by atoms with Crippen LogP contribution in [0.25, 0.3) is 0 Å². The topological polar surface area (TPSA) is 29.5 Å². The smallest absolute Gasteiger partial charge is 0.119 e. The molecule has 0 spiro atoms. The lowest BCUT2D eigenvalue weighted by molar-refractivity contribution is 0.318. The lowest BCUT2D eigenvalue weighted by Crippen LogP contribution is -1.89. The van der Waals surface area contributed by atoms with Crippen LogP contribution in [0.15, 0.2) is 30.3 Å². The van der Waals surface area contributed by atoms with Crippen LogP contribution >= 0.6 is 0 Å². The fraction of sp³-hybridized carbons (Fsp3) is 0.400. The van der Waals surface area contributed by atoms with Gasteiger partial charge in [-0.25, -0.2) is 0 Å². The van der Waals surface area contributed by atoms with E-state index in [0.29, 0.717) is 0 Å². The predicted molar refractivity (Wildman–Crippen MR) is 50.4 cm³/mol. The van der Waals surface area contributed by atoms with E-state index in [-0.39, 0.29) is 6.61 Å². The minimum absolute atomic E-state index is 0.250. The Balaban J connectivity index is 0.000000354. The van der Waals surface area contributed by atoms with E-state index < -0.39 is 0 Å². The summed E-state index contributed by atoms with van der Waals surface area (Å²) in [7, 11) is 0. The van der Waals surface area contributed by atoms with Crippen LogP contribution in [0.3, 0.4) is 0 Å². The maximum absolute atomic E-state index is 7.57. The third kappa shape index (κ3) is 5.74. The van der Waals surface area contributed by atoms with Crippen LogP contribution in [-0.4, -0.2) is 18.3 Å². The van der Waals surface area contributed by atoms with E-state index >= 15 is 0 Å². The van der Waals surface area contributed by atoms with E-state index in [0.717, 1.165) is 12.4 Å². The molecule has 1 aromatic carbocycles. The van der Waals surface area contributed by atoms with E-state index in [2.05, 4.69) is 0 Å². The lowest BCUT2D eigenvalue weighted by Gasteiger charge is -1.99. The van der Waals surface area contributed by atoms with E-state index in [1.807, 2.05) is 37.3 Å². The molecule has 0 atom stereocenters. The molecule has 0 aliphatic carbocycles. The summed E-state index contributed by atoms with van der Waals surface area (Å²) < 4.78 is 5.21. The fourth-order valence-corrected chi connectivity index (χ4v) is 0.683. The van der Waals surface area contributed by atoms with Gasteiger partial charge in [-0.15, -0.1) is 0 Å². The third-order valence-corrected chi connectivity index (χ3v) is 1.05. The van der Waals surface area contributed by atoms with E-state index in [9.17, 15) is 0 Å². The van der Waals surface area contributed by atoms with E-state index in [1.165, 1.54) is 0 Å². The first-order valence-electron chi connectivity index (χ1n) is 4.13. The normalized spacial score (nSPS) is 8.25. The summed E-state index contributed by atoms with van der Waals surface area (Å²) in [6, 6.07) is 9.80. The lowest BCUT2D eigenvalue weighted by atomic mass is 10.3. The number of aliphatic hydroxyl groups is 1. The van der Waals surface area contributed by atoms with Gasteiger partial charge in [-0.3, -0.25) is 0 Å². The molecule has 0 aliphatic rings. The molecule has 0 heterocycles. The maximum Gasteiger partial charge on any atom is 0.119 e. The molecule has 1 rings (SSSR count). The zero-order valence-corrected chi connectivity index (χ0v) is 7.66. The number of benzene rings is 1. The Morgan fingerprint density at radius 2 is 1.67 bits per heavy atom. The van der Waals surface area contributed by atoms with Gasteiger partial charge in [0.25, 0.3) is 0 Å². The van der Waals surface area contributed by atoms with Gasteiger partial charge in [0, 0.05) is 6.61 Å². The first-order chi connectivity index (χ1) is 5.85. The molecule has 0 aromatic heterocycles. The van der Waals surface area contributed by atoms with Gasteiger partial charge in [0.05, 0.1) is 6.61 Å². The van der Waals surface area contributed by atoms with Gasteiger partial charge >= 0.3 is 0 Å². The second-order valence-corrected chi connectivity index (χ2v) is 2.06. The van der Waals surface area contributed by atoms with Crippen molar-refractivity contribution in [3.05, 3.63) is 30.3 Å². The largest absolute Gasteiger partial charge is 0.494 e. The second-order valence-electron chi connectivity index (χ2n) is 2.06. The summed E-state index contributed by atoms with van der Waals surface area (Å²) in [6.45, 7) is 4.65. The molecule has 2 nitrogen and oxygen atoms in total. The second kappa shape index (κ2) is 8.08. The number of rotatable bonds is 2. The van der Waals surface area contributed by atoms with Gasteiger partial charge in [-0.05, 0) is 26.0 Å². The molecule has 0 fully saturated rings. The van der Waals surface area contributed by atoms with E-state index in [1.54, 1.807) is 6.92 Å². The molecule has 1 N–H and O–H groups in total. The van der Waals surface area contributed by atoms with Crippen LogP contribution in [0.5, 0.6) is 5.75 Å². The average molecular weight is 168 g/mol. The molecule has 0 radical (unpaired) electrons. The summed E-state index contributed by atoms with van der Waals surface area (Å²) in [5.74, 6) is 0.944. The van der Waals surface area contributed by atoms with Crippen LogP contribution in [0.1, 0.15) is 13.8 Å². The zero-order valence-electron chi connectivity index (χ0n) is 7.66. The van der Waals surface area contributed by atoms with Crippen LogP contribution in [0.2, 0.25) is 0 Å². The van der Waals surface area contributed by atoms with E-state index in [4.69, 9.17) is 9.84 Å². The summed E-state index contributed by atoms with van der Waals surface area (Å²) in [5, 5.41) is 7.57. The van der Waals surface area contributed by atoms with Gasteiger partial charge in [0.15, 0.2) is 0 Å². The minimum atomic E-state index is 0.250. The monoisotopic (exact) mass is 168 g/mol. The molecular formula is C10H16O2. The molecule has 0 amide bonds. The molecule has 0 saturated carbocycles. The van der Waals surface area contributed by atoms with Crippen LogP contribution in [-0.2, 0) is 0 Å². The molecular weight excluding hydrogens is 152 g/mol. The van der Waals surface area contributed by atoms with Crippen molar-refractivity contribution in [3.8, 4) is 5.75 Å². The number of hydrogen-bond donors (Lipinski definition) is 1. The molecule has 0 bridgehead atoms. The van der Waals surface area contributed by atoms with Crippen molar-refractivity contribution in [2.24, 2.45) is 0 Å². The SMILES string of the molecule is CCO.CCOc1ccccc1. The first-order valence-corrected chi connectivity index (χ1v) is 4.13. The van der Waals surface area contributed by atoms with Gasteiger partial charge in [0.2, 0.25) is 0 Å². The Bertz CT molecular complexity index is 172. The minimum Gasteiger partial charge on any atom is -0.494 e. The Kier molecular flexibility index (Phi) is 7.39. The van der Waals surface area contributed by atoms with Crippen LogP contribution in [0, 0.1) is 0 Å². The number of ether oxygens (including phenoxy) is 1. The number of para-hydroxylation sites is 1. The van der Waals surface area contributed by atoms with Gasteiger partial charge < -0.3 is 9.84 Å². The first kappa shape index (κ1) is 11.0. The quantitative estimate of drug-likeness (QED) is 0.732. The van der Waals surface area contributed by atoms with Crippen LogP contribution < -0.4 is 4.74 Å².